The van der Waals surface area contributed by atoms with Gasteiger partial charge in [-0.25, -0.2) is 14.8 Å². The molecule has 12 nitrogen and oxygen atoms in total. The number of alkyl carbamates (subject to hydrolysis) is 1. The van der Waals surface area contributed by atoms with E-state index in [9.17, 15) is 24.0 Å². The Labute approximate surface area is 221 Å². The Morgan fingerprint density at radius 1 is 1.18 bits per heavy atom. The lowest BCUT2D eigenvalue weighted by molar-refractivity contribution is -0.135. The first kappa shape index (κ1) is 26.9. The molecule has 0 bridgehead atoms. The Hall–Kier alpha value is -4.13. The quantitative estimate of drug-likeness (QED) is 0.416. The molecular formula is C25H28N6O6S. The average Bonchev–Trinajstić information content (AvgIpc) is 3.19. The number of fused-ring (bicyclic) bond motifs is 1. The van der Waals surface area contributed by atoms with Gasteiger partial charge in [-0.3, -0.25) is 29.1 Å². The molecule has 0 spiro atoms. The van der Waals surface area contributed by atoms with E-state index in [1.165, 1.54) is 15.9 Å². The Morgan fingerprint density at radius 2 is 1.92 bits per heavy atom. The van der Waals surface area contributed by atoms with Crippen molar-refractivity contribution in [2.75, 3.05) is 5.32 Å². The second kappa shape index (κ2) is 10.3. The largest absolute Gasteiger partial charge is 0.444 e. The lowest BCUT2D eigenvalue weighted by Crippen LogP contribution is -2.45. The van der Waals surface area contributed by atoms with E-state index in [4.69, 9.17) is 4.74 Å². The van der Waals surface area contributed by atoms with Crippen LogP contribution in [0.25, 0.3) is 10.9 Å². The van der Waals surface area contributed by atoms with E-state index < -0.39 is 35.1 Å². The molecule has 4 rings (SSSR count). The van der Waals surface area contributed by atoms with Crippen LogP contribution < -0.4 is 21.5 Å². The minimum absolute atomic E-state index is 0.0998. The van der Waals surface area contributed by atoms with Crippen LogP contribution in [0.3, 0.4) is 0 Å². The molecule has 38 heavy (non-hydrogen) atoms. The van der Waals surface area contributed by atoms with Crippen molar-refractivity contribution in [1.29, 1.82) is 0 Å². The van der Waals surface area contributed by atoms with E-state index in [0.717, 1.165) is 0 Å². The summed E-state index contributed by atoms with van der Waals surface area (Å²) < 4.78 is 6.50. The number of amides is 4. The number of carbonyl (C=O) groups excluding carboxylic acids is 4. The number of ether oxygens (including phenoxy) is 1. The fraction of sp³-hybridized carbons (Fsp3) is 0.400. The third-order valence-corrected chi connectivity index (χ3v) is 6.69. The molecule has 1 aromatic carbocycles. The van der Waals surface area contributed by atoms with Crippen LogP contribution in [-0.4, -0.2) is 44.0 Å². The summed E-state index contributed by atoms with van der Waals surface area (Å²) in [5.41, 5.74) is -0.320. The first-order valence-corrected chi connectivity index (χ1v) is 12.8. The molecule has 1 unspecified atom stereocenters. The number of benzene rings is 1. The predicted molar refractivity (Wildman–Crippen MR) is 140 cm³/mol. The molecule has 0 aliphatic carbocycles. The summed E-state index contributed by atoms with van der Waals surface area (Å²) in [6.45, 7) is 8.72. The highest BCUT2D eigenvalue weighted by Gasteiger charge is 2.31. The first-order valence-electron chi connectivity index (χ1n) is 11.9. The molecule has 1 saturated heterocycles. The van der Waals surface area contributed by atoms with Gasteiger partial charge in [0.1, 0.15) is 33.7 Å². The number of hydrogen-bond donors (Lipinski definition) is 3. The number of nitrogens with one attached hydrogen (secondary N) is 3. The van der Waals surface area contributed by atoms with Gasteiger partial charge in [-0.05, 0) is 53.2 Å². The van der Waals surface area contributed by atoms with E-state index in [0.29, 0.717) is 15.6 Å². The Balaban J connectivity index is 1.57. The lowest BCUT2D eigenvalue weighted by atomic mass is 10.1. The van der Waals surface area contributed by atoms with Gasteiger partial charge < -0.3 is 15.4 Å². The molecular weight excluding hydrogens is 512 g/mol. The van der Waals surface area contributed by atoms with Gasteiger partial charge in [0.15, 0.2) is 0 Å². The highest BCUT2D eigenvalue weighted by molar-refractivity contribution is 7.11. The number of anilines is 1. The number of aromatic nitrogens is 3. The van der Waals surface area contributed by atoms with E-state index >= 15 is 0 Å². The van der Waals surface area contributed by atoms with Crippen LogP contribution in [0, 0.1) is 13.8 Å². The van der Waals surface area contributed by atoms with Crippen molar-refractivity contribution in [2.45, 2.75) is 65.6 Å². The standard InChI is InChI=1S/C25H28N6O6S/c1-12-19(30-18(38-12)11-26-24(36)37-25(3,4)5)22(34)28-15-8-6-7-14-20(15)27-13(2)31(23(14)35)16-9-10-17(32)29-21(16)33/h6-8,16H,9-11H2,1-5H3,(H,26,36)(H,28,34)(H,29,32,33). The molecule has 4 amide bonds. The molecule has 3 heterocycles. The zero-order valence-corrected chi connectivity index (χ0v) is 22.4. The fourth-order valence-electron chi connectivity index (χ4n) is 4.11. The average molecular weight is 541 g/mol. The number of imide groups is 1. The van der Waals surface area contributed by atoms with Crippen LogP contribution in [0.2, 0.25) is 0 Å². The first-order chi connectivity index (χ1) is 17.8. The maximum absolute atomic E-state index is 13.3. The number of para-hydroxylation sites is 1. The van der Waals surface area contributed by atoms with Crippen LogP contribution in [0.4, 0.5) is 10.5 Å². The van der Waals surface area contributed by atoms with Crippen LogP contribution in [0.5, 0.6) is 0 Å². The number of carbonyl (C=O) groups is 4. The number of rotatable bonds is 5. The van der Waals surface area contributed by atoms with Gasteiger partial charge in [0.2, 0.25) is 11.8 Å². The van der Waals surface area contributed by atoms with E-state index in [1.807, 2.05) is 0 Å². The SMILES string of the molecule is Cc1sc(CNC(=O)OC(C)(C)C)nc1C(=O)Nc1cccc2c(=O)n(C3CCC(=O)NC3=O)c(C)nc12. The Morgan fingerprint density at radius 3 is 2.61 bits per heavy atom. The number of aryl methyl sites for hydroxylation is 2. The minimum Gasteiger partial charge on any atom is -0.444 e. The summed E-state index contributed by atoms with van der Waals surface area (Å²) in [5, 5.41) is 8.40. The topological polar surface area (TPSA) is 161 Å². The number of nitrogens with zero attached hydrogens (tertiary/aromatic N) is 3. The highest BCUT2D eigenvalue weighted by Crippen LogP contribution is 2.25. The summed E-state index contributed by atoms with van der Waals surface area (Å²) in [6.07, 6.45) is -0.265. The molecule has 13 heteroatoms. The van der Waals surface area contributed by atoms with Crippen molar-refractivity contribution in [1.82, 2.24) is 25.2 Å². The van der Waals surface area contributed by atoms with E-state index in [1.54, 1.807) is 52.8 Å². The smallest absolute Gasteiger partial charge is 0.408 e. The van der Waals surface area contributed by atoms with E-state index in [2.05, 4.69) is 25.9 Å². The van der Waals surface area contributed by atoms with Crippen LogP contribution >= 0.6 is 11.3 Å². The Kier molecular flexibility index (Phi) is 7.31. The van der Waals surface area contributed by atoms with Gasteiger partial charge in [-0.1, -0.05) is 6.07 Å². The molecule has 0 saturated carbocycles. The summed E-state index contributed by atoms with van der Waals surface area (Å²) in [7, 11) is 0. The Bertz CT molecular complexity index is 1520. The third-order valence-electron chi connectivity index (χ3n) is 5.72. The van der Waals surface area contributed by atoms with Crippen molar-refractivity contribution >= 4 is 51.7 Å². The molecule has 200 valence electrons. The van der Waals surface area contributed by atoms with Crippen molar-refractivity contribution < 1.29 is 23.9 Å². The van der Waals surface area contributed by atoms with Gasteiger partial charge in [0, 0.05) is 11.3 Å². The van der Waals surface area contributed by atoms with Gasteiger partial charge in [-0.15, -0.1) is 11.3 Å². The van der Waals surface area contributed by atoms with Crippen molar-refractivity contribution in [3.8, 4) is 0 Å². The van der Waals surface area contributed by atoms with E-state index in [-0.39, 0.29) is 47.7 Å². The highest BCUT2D eigenvalue weighted by atomic mass is 32.1. The number of hydrogen-bond acceptors (Lipinski definition) is 9. The van der Waals surface area contributed by atoms with Gasteiger partial charge in [-0.2, -0.15) is 0 Å². The zero-order chi connectivity index (χ0) is 27.8. The second-order valence-corrected chi connectivity index (χ2v) is 11.1. The summed E-state index contributed by atoms with van der Waals surface area (Å²) in [4.78, 5) is 71.8. The third kappa shape index (κ3) is 5.72. The summed E-state index contributed by atoms with van der Waals surface area (Å²) in [5.74, 6) is -1.15. The maximum atomic E-state index is 13.3. The van der Waals surface area contributed by atoms with Crippen molar-refractivity contribution in [3.63, 3.8) is 0 Å². The zero-order valence-electron chi connectivity index (χ0n) is 21.6. The number of piperidine rings is 1. The molecule has 1 aliphatic rings. The summed E-state index contributed by atoms with van der Waals surface area (Å²) >= 11 is 1.27. The van der Waals surface area contributed by atoms with Crippen LogP contribution in [0.1, 0.15) is 65.9 Å². The van der Waals surface area contributed by atoms with Crippen molar-refractivity contribution in [2.24, 2.45) is 0 Å². The maximum Gasteiger partial charge on any atom is 0.408 e. The molecule has 1 fully saturated rings. The monoisotopic (exact) mass is 540 g/mol. The fourth-order valence-corrected chi connectivity index (χ4v) is 4.98. The second-order valence-electron chi connectivity index (χ2n) is 9.82. The number of thiazole rings is 1. The molecule has 1 aliphatic heterocycles. The lowest BCUT2D eigenvalue weighted by Gasteiger charge is -2.24. The normalized spacial score (nSPS) is 15.8. The molecule has 1 atom stereocenters. The molecule has 0 radical (unpaired) electrons. The van der Waals surface area contributed by atoms with Crippen molar-refractivity contribution in [3.05, 3.63) is 50.0 Å². The summed E-state index contributed by atoms with van der Waals surface area (Å²) in [6, 6.07) is 3.95. The predicted octanol–water partition coefficient (Wildman–Crippen LogP) is 2.72. The van der Waals surface area contributed by atoms with Gasteiger partial charge >= 0.3 is 6.09 Å². The van der Waals surface area contributed by atoms with Gasteiger partial charge in [0.05, 0.1) is 17.6 Å². The minimum atomic E-state index is -0.847. The molecule has 3 N–H and O–H groups in total. The molecule has 2 aromatic heterocycles. The van der Waals surface area contributed by atoms with Gasteiger partial charge in [0.25, 0.3) is 11.5 Å². The van der Waals surface area contributed by atoms with Crippen LogP contribution in [0.15, 0.2) is 23.0 Å². The molecule has 3 aromatic rings. The van der Waals surface area contributed by atoms with Crippen LogP contribution in [-0.2, 0) is 20.9 Å².